The predicted octanol–water partition coefficient (Wildman–Crippen LogP) is 1.59. The maximum absolute atomic E-state index is 13.1. The van der Waals surface area contributed by atoms with Crippen molar-refractivity contribution in [3.05, 3.63) is 59.8 Å². The average Bonchev–Trinajstić information content (AvgIpc) is 2.78. The Hall–Kier alpha value is -3.57. The molecular weight excluding hydrogens is 428 g/mol. The Balaban J connectivity index is 2.10. The largest absolute Gasteiger partial charge is 0.508 e. The third kappa shape index (κ3) is 4.62. The molecule has 0 saturated carbocycles. The molecule has 0 amide bonds. The van der Waals surface area contributed by atoms with E-state index in [-0.39, 0.29) is 46.6 Å². The molecule has 0 aromatic heterocycles. The molecular formula is C20H20N2O8S. The van der Waals surface area contributed by atoms with Crippen LogP contribution in [0, 0.1) is 0 Å². The van der Waals surface area contributed by atoms with Gasteiger partial charge >= 0.3 is 11.9 Å². The second kappa shape index (κ2) is 9.06. The molecule has 1 aliphatic rings. The lowest BCUT2D eigenvalue weighted by molar-refractivity contribution is -0.140. The molecule has 164 valence electrons. The number of esters is 2. The van der Waals surface area contributed by atoms with E-state index in [0.29, 0.717) is 0 Å². The Labute approximate surface area is 178 Å². The monoisotopic (exact) mass is 448 g/mol. The van der Waals surface area contributed by atoms with Gasteiger partial charge in [-0.1, -0.05) is 12.1 Å². The van der Waals surface area contributed by atoms with Crippen molar-refractivity contribution in [2.75, 3.05) is 37.2 Å². The lowest BCUT2D eigenvalue weighted by Gasteiger charge is -2.32. The zero-order valence-corrected chi connectivity index (χ0v) is 17.5. The van der Waals surface area contributed by atoms with Crippen LogP contribution >= 0.6 is 0 Å². The van der Waals surface area contributed by atoms with E-state index in [4.69, 9.17) is 14.2 Å². The Kier molecular flexibility index (Phi) is 6.47. The van der Waals surface area contributed by atoms with Gasteiger partial charge < -0.3 is 24.2 Å². The fourth-order valence-electron chi connectivity index (χ4n) is 2.98. The van der Waals surface area contributed by atoms with Gasteiger partial charge in [-0.05, 0) is 36.4 Å². The normalized spacial score (nSPS) is 14.2. The lowest BCUT2D eigenvalue weighted by Crippen LogP contribution is -2.39. The molecule has 0 fully saturated rings. The minimum atomic E-state index is -4.13. The number of nitrogens with zero attached hydrogens (tertiary/aromatic N) is 1. The fraction of sp³-hybridized carbons (Fsp3) is 0.200. The van der Waals surface area contributed by atoms with Crippen LogP contribution in [0.1, 0.15) is 0 Å². The van der Waals surface area contributed by atoms with Gasteiger partial charge in [-0.2, -0.15) is 0 Å². The minimum Gasteiger partial charge on any atom is -0.508 e. The van der Waals surface area contributed by atoms with Crippen LogP contribution in [0.3, 0.4) is 0 Å². The van der Waals surface area contributed by atoms with Gasteiger partial charge in [-0.3, -0.25) is 4.72 Å². The van der Waals surface area contributed by atoms with Gasteiger partial charge in [0, 0.05) is 5.69 Å². The van der Waals surface area contributed by atoms with Crippen LogP contribution in [-0.2, 0) is 33.8 Å². The molecule has 0 bridgehead atoms. The van der Waals surface area contributed by atoms with Crippen LogP contribution in [0.25, 0.3) is 0 Å². The Morgan fingerprint density at radius 2 is 1.68 bits per heavy atom. The standard InChI is InChI=1S/C20H20N2O8S/c1-28-19(24)15-11-30-12-22(18(15)20(25)29-2)16-5-3-4-6-17(16)31(26,27)21-13-7-9-14(23)10-8-13/h3-10,21,23H,11-12H2,1-2H3. The Morgan fingerprint density at radius 3 is 2.32 bits per heavy atom. The highest BCUT2D eigenvalue weighted by Crippen LogP contribution is 2.33. The molecule has 0 atom stereocenters. The quantitative estimate of drug-likeness (QED) is 0.499. The number of nitrogens with one attached hydrogen (secondary N) is 1. The van der Waals surface area contributed by atoms with E-state index < -0.39 is 22.0 Å². The molecule has 1 aliphatic heterocycles. The zero-order valence-electron chi connectivity index (χ0n) is 16.7. The molecule has 1 heterocycles. The van der Waals surface area contributed by atoms with Crippen molar-refractivity contribution in [3.63, 3.8) is 0 Å². The van der Waals surface area contributed by atoms with Crippen LogP contribution in [-0.4, -0.2) is 53.0 Å². The van der Waals surface area contributed by atoms with Crippen molar-refractivity contribution in [3.8, 4) is 5.75 Å². The summed E-state index contributed by atoms with van der Waals surface area (Å²) in [4.78, 5) is 25.7. The van der Waals surface area contributed by atoms with E-state index >= 15 is 0 Å². The first-order valence-corrected chi connectivity index (χ1v) is 10.4. The number of carbonyl (C=O) groups is 2. The number of benzene rings is 2. The third-order valence-electron chi connectivity index (χ3n) is 4.40. The second-order valence-electron chi connectivity index (χ2n) is 6.34. The number of hydrogen-bond donors (Lipinski definition) is 2. The number of phenolic OH excluding ortho intramolecular Hbond substituents is 1. The van der Waals surface area contributed by atoms with Gasteiger partial charge in [0.2, 0.25) is 0 Å². The first-order valence-electron chi connectivity index (χ1n) is 8.94. The van der Waals surface area contributed by atoms with Gasteiger partial charge in [-0.25, -0.2) is 18.0 Å². The van der Waals surface area contributed by atoms with Crippen molar-refractivity contribution in [1.82, 2.24) is 0 Å². The number of ether oxygens (including phenoxy) is 3. The minimum absolute atomic E-state index is 0.0167. The van der Waals surface area contributed by atoms with Crippen molar-refractivity contribution in [1.29, 1.82) is 0 Å². The third-order valence-corrected chi connectivity index (χ3v) is 5.83. The molecule has 0 aliphatic carbocycles. The SMILES string of the molecule is COC(=O)C1=C(C(=O)OC)N(c2ccccc2S(=O)(=O)Nc2ccc(O)cc2)COC1. The van der Waals surface area contributed by atoms with Crippen LogP contribution in [0.4, 0.5) is 11.4 Å². The van der Waals surface area contributed by atoms with Crippen molar-refractivity contribution in [2.45, 2.75) is 4.90 Å². The first-order chi connectivity index (χ1) is 14.8. The van der Waals surface area contributed by atoms with Crippen molar-refractivity contribution >= 4 is 33.3 Å². The van der Waals surface area contributed by atoms with Crippen LogP contribution in [0.2, 0.25) is 0 Å². The molecule has 0 spiro atoms. The van der Waals surface area contributed by atoms with Gasteiger partial charge in [-0.15, -0.1) is 0 Å². The van der Waals surface area contributed by atoms with Crippen LogP contribution in [0.15, 0.2) is 64.7 Å². The molecule has 10 nitrogen and oxygen atoms in total. The highest BCUT2D eigenvalue weighted by molar-refractivity contribution is 7.92. The molecule has 0 unspecified atom stereocenters. The summed E-state index contributed by atoms with van der Waals surface area (Å²) < 4.78 is 43.6. The number of phenols is 1. The average molecular weight is 448 g/mol. The lowest BCUT2D eigenvalue weighted by atomic mass is 10.1. The van der Waals surface area contributed by atoms with Crippen molar-refractivity contribution < 1.29 is 37.3 Å². The number of aromatic hydroxyl groups is 1. The van der Waals surface area contributed by atoms with Crippen LogP contribution in [0.5, 0.6) is 5.75 Å². The molecule has 3 rings (SSSR count). The summed E-state index contributed by atoms with van der Waals surface area (Å²) in [5, 5.41) is 9.40. The Morgan fingerprint density at radius 1 is 1.03 bits per heavy atom. The van der Waals surface area contributed by atoms with E-state index in [1.165, 1.54) is 47.4 Å². The summed E-state index contributed by atoms with van der Waals surface area (Å²) in [6.45, 7) is -0.398. The van der Waals surface area contributed by atoms with Gasteiger partial charge in [0.25, 0.3) is 10.0 Å². The summed E-state index contributed by atoms with van der Waals surface area (Å²) in [6.07, 6.45) is 0. The predicted molar refractivity (Wildman–Crippen MR) is 110 cm³/mol. The number of para-hydroxylation sites is 1. The molecule has 0 radical (unpaired) electrons. The number of sulfonamides is 1. The van der Waals surface area contributed by atoms with E-state index in [0.717, 1.165) is 14.2 Å². The maximum atomic E-state index is 13.1. The highest BCUT2D eigenvalue weighted by atomic mass is 32.2. The van der Waals surface area contributed by atoms with E-state index in [1.807, 2.05) is 0 Å². The number of methoxy groups -OCH3 is 2. The summed E-state index contributed by atoms with van der Waals surface area (Å²) in [7, 11) is -1.82. The Bertz CT molecular complexity index is 1130. The van der Waals surface area contributed by atoms with Gasteiger partial charge in [0.1, 0.15) is 23.1 Å². The molecule has 2 aromatic carbocycles. The van der Waals surface area contributed by atoms with Gasteiger partial charge in [0.15, 0.2) is 0 Å². The fourth-order valence-corrected chi connectivity index (χ4v) is 4.25. The smallest absolute Gasteiger partial charge is 0.355 e. The highest BCUT2D eigenvalue weighted by Gasteiger charge is 2.34. The number of carbonyl (C=O) groups excluding carboxylic acids is 2. The molecule has 2 N–H and O–H groups in total. The van der Waals surface area contributed by atoms with E-state index in [9.17, 15) is 23.1 Å². The number of anilines is 2. The zero-order chi connectivity index (χ0) is 22.6. The summed E-state index contributed by atoms with van der Waals surface area (Å²) >= 11 is 0. The van der Waals surface area contributed by atoms with Gasteiger partial charge in [0.05, 0.1) is 32.1 Å². The van der Waals surface area contributed by atoms with Crippen LogP contribution < -0.4 is 9.62 Å². The number of hydrogen-bond acceptors (Lipinski definition) is 9. The van der Waals surface area contributed by atoms with E-state index in [2.05, 4.69) is 4.72 Å². The summed E-state index contributed by atoms with van der Waals surface area (Å²) in [5.41, 5.74) is 0.0453. The summed E-state index contributed by atoms with van der Waals surface area (Å²) in [5.74, 6) is -1.66. The molecule has 11 heteroatoms. The molecule has 2 aromatic rings. The first kappa shape index (κ1) is 22.1. The van der Waals surface area contributed by atoms with Crippen molar-refractivity contribution in [2.24, 2.45) is 0 Å². The van der Waals surface area contributed by atoms with E-state index in [1.54, 1.807) is 6.07 Å². The molecule has 31 heavy (non-hydrogen) atoms. The maximum Gasteiger partial charge on any atom is 0.355 e. The summed E-state index contributed by atoms with van der Waals surface area (Å²) in [6, 6.07) is 11.4. The molecule has 0 saturated heterocycles. The second-order valence-corrected chi connectivity index (χ2v) is 7.99. The topological polar surface area (TPSA) is 131 Å². The number of rotatable bonds is 6.